The van der Waals surface area contributed by atoms with Gasteiger partial charge in [0, 0.05) is 12.0 Å². The molecule has 0 aromatic heterocycles. The van der Waals surface area contributed by atoms with Gasteiger partial charge in [-0.3, -0.25) is 4.79 Å². The van der Waals surface area contributed by atoms with Gasteiger partial charge in [-0.2, -0.15) is 0 Å². The number of carbonyl (C=O) groups is 2. The molecule has 0 radical (unpaired) electrons. The Labute approximate surface area is 191 Å². The van der Waals surface area contributed by atoms with E-state index in [9.17, 15) is 19.1 Å². The van der Waals surface area contributed by atoms with E-state index in [0.717, 1.165) is 11.1 Å². The van der Waals surface area contributed by atoms with Crippen LogP contribution >= 0.6 is 0 Å². The maximum atomic E-state index is 13.2. The average molecular weight is 446 g/mol. The highest BCUT2D eigenvalue weighted by Crippen LogP contribution is 2.33. The van der Waals surface area contributed by atoms with Crippen molar-refractivity contribution in [3.8, 4) is 0 Å². The molecule has 1 N–H and O–H groups in total. The molecule has 1 aliphatic heterocycles. The minimum atomic E-state index is -1.36. The fourth-order valence-electron chi connectivity index (χ4n) is 3.84. The molecule has 168 valence electrons. The summed E-state index contributed by atoms with van der Waals surface area (Å²) in [5, 5.41) is 9.99. The molecule has 1 unspecified atom stereocenters. The average Bonchev–Trinajstić information content (AvgIpc) is 3.16. The molecule has 3 aromatic carbocycles. The topological polar surface area (TPSA) is 72.8 Å². The molecule has 3 aromatic rings. The summed E-state index contributed by atoms with van der Waals surface area (Å²) in [6.07, 6.45) is 1.64. The third kappa shape index (κ3) is 5.18. The van der Waals surface area contributed by atoms with Gasteiger partial charge in [0.05, 0.1) is 6.61 Å². The van der Waals surface area contributed by atoms with Gasteiger partial charge in [-0.25, -0.2) is 9.18 Å². The first kappa shape index (κ1) is 22.4. The van der Waals surface area contributed by atoms with Crippen molar-refractivity contribution < 1.29 is 28.6 Å². The van der Waals surface area contributed by atoms with Crippen LogP contribution in [0.5, 0.6) is 0 Å². The van der Waals surface area contributed by atoms with Gasteiger partial charge in [-0.1, -0.05) is 72.8 Å². The highest BCUT2D eigenvalue weighted by atomic mass is 19.1. The highest BCUT2D eigenvalue weighted by Gasteiger charge is 2.45. The van der Waals surface area contributed by atoms with Crippen LogP contribution in [0, 0.1) is 5.82 Å². The van der Waals surface area contributed by atoms with E-state index < -0.39 is 30.1 Å². The minimum absolute atomic E-state index is 0.0638. The van der Waals surface area contributed by atoms with Crippen molar-refractivity contribution in [1.82, 2.24) is 0 Å². The van der Waals surface area contributed by atoms with Gasteiger partial charge in [0.2, 0.25) is 0 Å². The number of ether oxygens (including phenoxy) is 2. The summed E-state index contributed by atoms with van der Waals surface area (Å²) in [7, 11) is 0. The van der Waals surface area contributed by atoms with Crippen LogP contribution in [0.15, 0.2) is 90.5 Å². The second-order valence-electron chi connectivity index (χ2n) is 7.99. The molecule has 33 heavy (non-hydrogen) atoms. The fourth-order valence-corrected chi connectivity index (χ4v) is 3.84. The molecular formula is C27H23FO5. The molecule has 0 amide bonds. The van der Waals surface area contributed by atoms with Crippen molar-refractivity contribution >= 4 is 18.0 Å². The monoisotopic (exact) mass is 446 g/mol. The van der Waals surface area contributed by atoms with E-state index in [4.69, 9.17) is 9.47 Å². The third-order valence-corrected chi connectivity index (χ3v) is 5.56. The van der Waals surface area contributed by atoms with Gasteiger partial charge in [0.15, 0.2) is 5.60 Å². The molecule has 0 spiro atoms. The SMILES string of the molecule is O=C1OC(CO)(COC(=O)C(c2ccccc2)c2ccccc2)C/C1=C/c1ccc(F)cc1. The summed E-state index contributed by atoms with van der Waals surface area (Å²) in [5.74, 6) is -2.15. The second kappa shape index (κ2) is 9.79. The van der Waals surface area contributed by atoms with Gasteiger partial charge in [-0.15, -0.1) is 0 Å². The number of halogens is 1. The number of benzene rings is 3. The minimum Gasteiger partial charge on any atom is -0.461 e. The van der Waals surface area contributed by atoms with Crippen LogP contribution in [-0.4, -0.2) is 35.9 Å². The van der Waals surface area contributed by atoms with Crippen LogP contribution in [0.4, 0.5) is 4.39 Å². The molecule has 0 aliphatic carbocycles. The molecule has 1 saturated heterocycles. The molecule has 1 aliphatic rings. The van der Waals surface area contributed by atoms with E-state index in [1.165, 1.54) is 12.1 Å². The molecule has 6 heteroatoms. The summed E-state index contributed by atoms with van der Waals surface area (Å²) in [5.41, 5.74) is 1.12. The summed E-state index contributed by atoms with van der Waals surface area (Å²) >= 11 is 0. The van der Waals surface area contributed by atoms with Crippen LogP contribution in [0.25, 0.3) is 6.08 Å². The van der Waals surface area contributed by atoms with Crippen LogP contribution < -0.4 is 0 Å². The van der Waals surface area contributed by atoms with Crippen molar-refractivity contribution in [3.05, 3.63) is 113 Å². The molecule has 5 nitrogen and oxygen atoms in total. The van der Waals surface area contributed by atoms with Crippen molar-refractivity contribution in [2.75, 3.05) is 13.2 Å². The van der Waals surface area contributed by atoms with Crippen molar-refractivity contribution in [1.29, 1.82) is 0 Å². The lowest BCUT2D eigenvalue weighted by Crippen LogP contribution is -2.40. The number of hydrogen-bond donors (Lipinski definition) is 1. The lowest BCUT2D eigenvalue weighted by Gasteiger charge is -2.26. The van der Waals surface area contributed by atoms with E-state index >= 15 is 0 Å². The number of rotatable bonds is 7. The zero-order chi connectivity index (χ0) is 23.3. The lowest BCUT2D eigenvalue weighted by atomic mass is 9.91. The van der Waals surface area contributed by atoms with Gasteiger partial charge in [-0.05, 0) is 34.9 Å². The van der Waals surface area contributed by atoms with Crippen molar-refractivity contribution in [2.45, 2.75) is 17.9 Å². The van der Waals surface area contributed by atoms with Gasteiger partial charge in [0.25, 0.3) is 0 Å². The number of esters is 2. The first-order valence-corrected chi connectivity index (χ1v) is 10.6. The van der Waals surface area contributed by atoms with Crippen LogP contribution in [-0.2, 0) is 19.1 Å². The van der Waals surface area contributed by atoms with Crippen molar-refractivity contribution in [2.24, 2.45) is 0 Å². The van der Waals surface area contributed by atoms with Crippen LogP contribution in [0.3, 0.4) is 0 Å². The van der Waals surface area contributed by atoms with E-state index in [1.807, 2.05) is 60.7 Å². The number of aliphatic hydroxyl groups excluding tert-OH is 1. The molecule has 4 rings (SSSR count). The lowest BCUT2D eigenvalue weighted by molar-refractivity contribution is -0.166. The number of cyclic esters (lactones) is 1. The number of carbonyl (C=O) groups excluding carboxylic acids is 2. The highest BCUT2D eigenvalue weighted by molar-refractivity contribution is 5.96. The van der Waals surface area contributed by atoms with Gasteiger partial charge < -0.3 is 14.6 Å². The van der Waals surface area contributed by atoms with Crippen LogP contribution in [0.2, 0.25) is 0 Å². The quantitative estimate of drug-likeness (QED) is 0.434. The van der Waals surface area contributed by atoms with E-state index in [2.05, 4.69) is 0 Å². The van der Waals surface area contributed by atoms with Crippen LogP contribution in [0.1, 0.15) is 29.0 Å². The normalized spacial score (nSPS) is 19.0. The predicted octanol–water partition coefficient (Wildman–Crippen LogP) is 4.26. The summed E-state index contributed by atoms with van der Waals surface area (Å²) in [4.78, 5) is 25.6. The molecule has 0 saturated carbocycles. The third-order valence-electron chi connectivity index (χ3n) is 5.56. The van der Waals surface area contributed by atoms with Gasteiger partial charge in [0.1, 0.15) is 18.3 Å². The Hall–Kier alpha value is -3.77. The standard InChI is InChI=1S/C27H23FO5/c28-23-13-11-19(12-14-23)15-22-16-27(17-29,33-25(22)30)18-32-26(31)24(20-7-3-1-4-8-20)21-9-5-2-6-10-21/h1-15,24,29H,16-18H2/b22-15-. The molecule has 1 atom stereocenters. The van der Waals surface area contributed by atoms with E-state index in [0.29, 0.717) is 11.1 Å². The largest absolute Gasteiger partial charge is 0.461 e. The summed E-state index contributed by atoms with van der Waals surface area (Å²) in [6, 6.07) is 24.2. The second-order valence-corrected chi connectivity index (χ2v) is 7.99. The maximum absolute atomic E-state index is 13.2. The zero-order valence-electron chi connectivity index (χ0n) is 17.8. The smallest absolute Gasteiger partial charge is 0.334 e. The maximum Gasteiger partial charge on any atom is 0.334 e. The predicted molar refractivity (Wildman–Crippen MR) is 121 cm³/mol. The van der Waals surface area contributed by atoms with E-state index in [1.54, 1.807) is 18.2 Å². The Morgan fingerprint density at radius 1 is 1.00 bits per heavy atom. The Kier molecular flexibility index (Phi) is 6.66. The number of hydrogen-bond acceptors (Lipinski definition) is 5. The fraction of sp³-hybridized carbons (Fsp3) is 0.185. The Morgan fingerprint density at radius 2 is 1.58 bits per heavy atom. The zero-order valence-corrected chi connectivity index (χ0v) is 17.8. The summed E-state index contributed by atoms with van der Waals surface area (Å²) < 4.78 is 24.2. The Morgan fingerprint density at radius 3 is 2.12 bits per heavy atom. The Balaban J connectivity index is 1.52. The molecular weight excluding hydrogens is 423 g/mol. The molecule has 1 fully saturated rings. The summed E-state index contributed by atoms with van der Waals surface area (Å²) in [6.45, 7) is -0.793. The van der Waals surface area contributed by atoms with E-state index in [-0.39, 0.29) is 18.8 Å². The molecule has 1 heterocycles. The van der Waals surface area contributed by atoms with Crippen molar-refractivity contribution in [3.63, 3.8) is 0 Å². The first-order chi connectivity index (χ1) is 16.0. The first-order valence-electron chi connectivity index (χ1n) is 10.6. The molecule has 0 bridgehead atoms. The Bertz CT molecular complexity index is 1100. The number of aliphatic hydroxyl groups is 1. The van der Waals surface area contributed by atoms with Gasteiger partial charge >= 0.3 is 11.9 Å².